The van der Waals surface area contributed by atoms with Gasteiger partial charge < -0.3 is 14.2 Å². The Morgan fingerprint density at radius 3 is 2.57 bits per heavy atom. The number of carbonyl (C=O) groups is 1. The lowest BCUT2D eigenvalue weighted by Gasteiger charge is -2.35. The standard InChI is InChI=1S/C23H22F2N8O2/c1-15(34)31-7-9-32(10-8-31)19-4-2-3-16(11-19)20-14-33(30-27-20)13-18-6-5-17(12-26-18)22-28-29-23(35-22)21(24)25/h2-6,11-12,14,21H,7-10,13H2,1H3. The predicted molar refractivity (Wildman–Crippen MR) is 122 cm³/mol. The molecule has 0 saturated carbocycles. The van der Waals surface area contributed by atoms with Crippen molar-refractivity contribution in [3.8, 4) is 22.7 Å². The van der Waals surface area contributed by atoms with Crippen LogP contribution in [-0.4, -0.2) is 67.2 Å². The van der Waals surface area contributed by atoms with E-state index in [1.165, 1.54) is 6.20 Å². The molecule has 3 aromatic heterocycles. The number of nitrogens with zero attached hydrogens (tertiary/aromatic N) is 8. The van der Waals surface area contributed by atoms with Crippen LogP contribution in [0.3, 0.4) is 0 Å². The number of benzene rings is 1. The number of hydrogen-bond donors (Lipinski definition) is 0. The average molecular weight is 480 g/mol. The zero-order chi connectivity index (χ0) is 24.4. The minimum Gasteiger partial charge on any atom is -0.415 e. The van der Waals surface area contributed by atoms with Gasteiger partial charge >= 0.3 is 6.43 Å². The average Bonchev–Trinajstić information content (AvgIpc) is 3.55. The number of anilines is 1. The normalized spacial score (nSPS) is 14.1. The van der Waals surface area contributed by atoms with Gasteiger partial charge in [0.05, 0.1) is 24.0 Å². The van der Waals surface area contributed by atoms with Gasteiger partial charge in [0.15, 0.2) is 0 Å². The van der Waals surface area contributed by atoms with Gasteiger partial charge in [-0.05, 0) is 24.3 Å². The molecule has 0 atom stereocenters. The largest absolute Gasteiger partial charge is 0.415 e. The number of carbonyl (C=O) groups excluding carboxylic acids is 1. The van der Waals surface area contributed by atoms with Gasteiger partial charge in [0, 0.05) is 50.6 Å². The molecule has 0 aliphatic carbocycles. The molecule has 0 bridgehead atoms. The van der Waals surface area contributed by atoms with E-state index < -0.39 is 12.3 Å². The molecule has 0 unspecified atom stereocenters. The first-order valence-corrected chi connectivity index (χ1v) is 11.0. The summed E-state index contributed by atoms with van der Waals surface area (Å²) < 4.78 is 31.9. The van der Waals surface area contributed by atoms with E-state index in [0.717, 1.165) is 30.0 Å². The summed E-state index contributed by atoms with van der Waals surface area (Å²) in [5.41, 5.74) is 3.91. The first-order chi connectivity index (χ1) is 17.0. The molecule has 10 nitrogen and oxygen atoms in total. The number of pyridine rings is 1. The van der Waals surface area contributed by atoms with E-state index in [0.29, 0.717) is 30.9 Å². The van der Waals surface area contributed by atoms with Crippen molar-refractivity contribution in [3.63, 3.8) is 0 Å². The third kappa shape index (κ3) is 5.00. The maximum absolute atomic E-state index is 12.6. The van der Waals surface area contributed by atoms with Crippen LogP contribution >= 0.6 is 0 Å². The number of hydrogen-bond acceptors (Lipinski definition) is 8. The Hall–Kier alpha value is -4.22. The van der Waals surface area contributed by atoms with E-state index >= 15 is 0 Å². The highest BCUT2D eigenvalue weighted by Gasteiger charge is 2.20. The lowest BCUT2D eigenvalue weighted by molar-refractivity contribution is -0.129. The molecule has 35 heavy (non-hydrogen) atoms. The van der Waals surface area contributed by atoms with Crippen molar-refractivity contribution < 1.29 is 18.0 Å². The van der Waals surface area contributed by atoms with Gasteiger partial charge in [-0.2, -0.15) is 8.78 Å². The predicted octanol–water partition coefficient (Wildman–Crippen LogP) is 3.04. The van der Waals surface area contributed by atoms with Crippen molar-refractivity contribution in [3.05, 3.63) is 60.4 Å². The third-order valence-electron chi connectivity index (χ3n) is 5.79. The second-order valence-corrected chi connectivity index (χ2v) is 8.13. The lowest BCUT2D eigenvalue weighted by atomic mass is 10.1. The molecule has 1 aliphatic heterocycles. The molecule has 4 aromatic rings. The van der Waals surface area contributed by atoms with Gasteiger partial charge in [-0.25, -0.2) is 4.68 Å². The Labute approximate surface area is 199 Å². The number of rotatable bonds is 6. The molecule has 0 radical (unpaired) electrons. The first-order valence-electron chi connectivity index (χ1n) is 11.0. The Morgan fingerprint density at radius 2 is 1.89 bits per heavy atom. The third-order valence-corrected chi connectivity index (χ3v) is 5.79. The van der Waals surface area contributed by atoms with Gasteiger partial charge in [0.25, 0.3) is 5.89 Å². The minimum absolute atomic E-state index is 0.00928. The number of aromatic nitrogens is 6. The number of halogens is 2. The Bertz CT molecular complexity index is 1310. The van der Waals surface area contributed by atoms with Crippen LogP contribution < -0.4 is 4.90 Å². The summed E-state index contributed by atoms with van der Waals surface area (Å²) in [6, 6.07) is 11.5. The maximum atomic E-state index is 12.6. The molecule has 1 fully saturated rings. The smallest absolute Gasteiger partial charge is 0.314 e. The monoisotopic (exact) mass is 480 g/mol. The quantitative estimate of drug-likeness (QED) is 0.415. The fourth-order valence-electron chi connectivity index (χ4n) is 3.90. The summed E-state index contributed by atoms with van der Waals surface area (Å²) >= 11 is 0. The molecule has 1 aromatic carbocycles. The van der Waals surface area contributed by atoms with Crippen molar-refractivity contribution in [2.24, 2.45) is 0 Å². The SMILES string of the molecule is CC(=O)N1CCN(c2cccc(-c3cn(Cc4ccc(-c5nnc(C(F)F)o5)cn4)nn3)c2)CC1. The highest BCUT2D eigenvalue weighted by Crippen LogP contribution is 2.25. The molecular weight excluding hydrogens is 458 g/mol. The molecular formula is C23H22F2N8O2. The summed E-state index contributed by atoms with van der Waals surface area (Å²) in [6.45, 7) is 4.96. The van der Waals surface area contributed by atoms with Crippen molar-refractivity contribution in [2.75, 3.05) is 31.1 Å². The van der Waals surface area contributed by atoms with Gasteiger partial charge in [-0.3, -0.25) is 9.78 Å². The van der Waals surface area contributed by atoms with Crippen LogP contribution in [0.2, 0.25) is 0 Å². The Kier molecular flexibility index (Phi) is 6.17. The fourth-order valence-corrected chi connectivity index (χ4v) is 3.90. The summed E-state index contributed by atoms with van der Waals surface area (Å²) in [4.78, 5) is 20.0. The van der Waals surface area contributed by atoms with Crippen LogP contribution in [0, 0.1) is 0 Å². The fraction of sp³-hybridized carbons (Fsp3) is 0.304. The first kappa shape index (κ1) is 22.6. The second kappa shape index (κ2) is 9.57. The van der Waals surface area contributed by atoms with Gasteiger partial charge in [0.2, 0.25) is 11.8 Å². The summed E-state index contributed by atoms with van der Waals surface area (Å²) in [5.74, 6) is -0.624. The van der Waals surface area contributed by atoms with Crippen molar-refractivity contribution >= 4 is 11.6 Å². The Balaban J connectivity index is 1.25. The summed E-state index contributed by atoms with van der Waals surface area (Å²) in [7, 11) is 0. The number of piperazine rings is 1. The number of alkyl halides is 2. The maximum Gasteiger partial charge on any atom is 0.314 e. The van der Waals surface area contributed by atoms with Crippen LogP contribution in [0.4, 0.5) is 14.5 Å². The highest BCUT2D eigenvalue weighted by molar-refractivity contribution is 5.73. The van der Waals surface area contributed by atoms with Crippen molar-refractivity contribution in [1.29, 1.82) is 0 Å². The van der Waals surface area contributed by atoms with Gasteiger partial charge in [-0.15, -0.1) is 15.3 Å². The van der Waals surface area contributed by atoms with Crippen LogP contribution in [0.5, 0.6) is 0 Å². The van der Waals surface area contributed by atoms with Crippen LogP contribution in [0.1, 0.15) is 24.9 Å². The topological polar surface area (TPSA) is 106 Å². The molecule has 0 spiro atoms. The van der Waals surface area contributed by atoms with Crippen LogP contribution in [-0.2, 0) is 11.3 Å². The van der Waals surface area contributed by atoms with Crippen LogP contribution in [0.25, 0.3) is 22.7 Å². The summed E-state index contributed by atoms with van der Waals surface area (Å²) in [5, 5.41) is 15.5. The molecule has 5 rings (SSSR count). The highest BCUT2D eigenvalue weighted by atomic mass is 19.3. The summed E-state index contributed by atoms with van der Waals surface area (Å²) in [6.07, 6.45) is 0.517. The van der Waals surface area contributed by atoms with Crippen molar-refractivity contribution in [1.82, 2.24) is 35.1 Å². The van der Waals surface area contributed by atoms with E-state index in [1.54, 1.807) is 23.7 Å². The zero-order valence-corrected chi connectivity index (χ0v) is 18.9. The van der Waals surface area contributed by atoms with Gasteiger partial charge in [0.1, 0.15) is 5.69 Å². The molecule has 1 aliphatic rings. The molecule has 4 heterocycles. The van der Waals surface area contributed by atoms with Crippen molar-refractivity contribution in [2.45, 2.75) is 19.9 Å². The van der Waals surface area contributed by atoms with E-state index in [4.69, 9.17) is 4.42 Å². The lowest BCUT2D eigenvalue weighted by Crippen LogP contribution is -2.48. The molecule has 1 amide bonds. The molecule has 1 saturated heterocycles. The Morgan fingerprint density at radius 1 is 1.06 bits per heavy atom. The molecule has 180 valence electrons. The zero-order valence-electron chi connectivity index (χ0n) is 18.9. The number of amides is 1. The minimum atomic E-state index is -2.82. The van der Waals surface area contributed by atoms with Gasteiger partial charge in [-0.1, -0.05) is 17.3 Å². The van der Waals surface area contributed by atoms with E-state index in [-0.39, 0.29) is 11.8 Å². The van der Waals surface area contributed by atoms with E-state index in [9.17, 15) is 13.6 Å². The molecule has 0 N–H and O–H groups in total. The van der Waals surface area contributed by atoms with Crippen LogP contribution in [0.15, 0.2) is 53.2 Å². The molecule has 12 heteroatoms. The van der Waals surface area contributed by atoms with E-state index in [2.05, 4.69) is 42.5 Å². The second-order valence-electron chi connectivity index (χ2n) is 8.13. The van der Waals surface area contributed by atoms with E-state index in [1.807, 2.05) is 23.2 Å².